The van der Waals surface area contributed by atoms with Gasteiger partial charge in [0.15, 0.2) is 11.0 Å². The molecule has 2 N–H and O–H groups in total. The van der Waals surface area contributed by atoms with Crippen molar-refractivity contribution in [3.8, 4) is 0 Å². The van der Waals surface area contributed by atoms with Crippen molar-refractivity contribution < 1.29 is 24.7 Å². The largest absolute Gasteiger partial charge is 0.478 e. The molecule has 4 unspecified atom stereocenters. The first-order valence-corrected chi connectivity index (χ1v) is 13.5. The van der Waals surface area contributed by atoms with Crippen LogP contribution < -0.4 is 0 Å². The number of likely N-dealkylation sites (tertiary alicyclic amines) is 1. The van der Waals surface area contributed by atoms with Crippen LogP contribution in [0, 0.1) is 26.9 Å². The van der Waals surface area contributed by atoms with E-state index in [9.17, 15) is 29.9 Å². The van der Waals surface area contributed by atoms with Crippen LogP contribution in [0.3, 0.4) is 0 Å². The van der Waals surface area contributed by atoms with Gasteiger partial charge in [-0.3, -0.25) is 19.9 Å². The molecule has 0 amide bonds. The fourth-order valence-electron chi connectivity index (χ4n) is 6.13. The second kappa shape index (κ2) is 8.63. The summed E-state index contributed by atoms with van der Waals surface area (Å²) in [6, 6.07) is 5.99. The fraction of sp³-hybridized carbons (Fsp3) is 0.542. The van der Waals surface area contributed by atoms with Crippen molar-refractivity contribution in [1.29, 1.82) is 0 Å². The molecule has 4 aliphatic rings. The summed E-state index contributed by atoms with van der Waals surface area (Å²) >= 11 is 3.23. The summed E-state index contributed by atoms with van der Waals surface area (Å²) in [5.74, 6) is -0.522. The van der Waals surface area contributed by atoms with Crippen LogP contribution in [0.2, 0.25) is 0 Å². The van der Waals surface area contributed by atoms with Crippen molar-refractivity contribution in [2.24, 2.45) is 21.7 Å². The van der Waals surface area contributed by atoms with Crippen LogP contribution in [0.15, 0.2) is 39.7 Å². The predicted molar refractivity (Wildman–Crippen MR) is 135 cm³/mol. The van der Waals surface area contributed by atoms with Gasteiger partial charge >= 0.3 is 5.97 Å². The molecule has 9 nitrogen and oxygen atoms in total. The van der Waals surface area contributed by atoms with Crippen LogP contribution in [0.1, 0.15) is 25.8 Å². The summed E-state index contributed by atoms with van der Waals surface area (Å²) in [6.07, 6.45) is -0.559. The number of carbonyl (C=O) groups excluding carboxylic acids is 1. The van der Waals surface area contributed by atoms with Crippen LogP contribution in [0.25, 0.3) is 0 Å². The highest BCUT2D eigenvalue weighted by molar-refractivity contribution is 8.14. The highest BCUT2D eigenvalue weighted by Gasteiger charge is 2.74. The molecule has 186 valence electrons. The van der Waals surface area contributed by atoms with Crippen LogP contribution in [0.4, 0.5) is 5.69 Å². The summed E-state index contributed by atoms with van der Waals surface area (Å²) in [5, 5.41) is 33.1. The zero-order valence-corrected chi connectivity index (χ0v) is 21.1. The van der Waals surface area contributed by atoms with E-state index in [1.54, 1.807) is 30.8 Å². The quantitative estimate of drug-likeness (QED) is 0.413. The number of aliphatic hydroxyl groups excluding tert-OH is 1. The minimum atomic E-state index is -1.13. The number of nitro benzene ring substituents is 1. The Morgan fingerprint density at radius 2 is 2.06 bits per heavy atom. The summed E-state index contributed by atoms with van der Waals surface area (Å²) in [4.78, 5) is 44.0. The Morgan fingerprint density at radius 3 is 2.60 bits per heavy atom. The van der Waals surface area contributed by atoms with Gasteiger partial charge in [0.05, 0.1) is 28.4 Å². The lowest BCUT2D eigenvalue weighted by atomic mass is 9.43. The fourth-order valence-corrected chi connectivity index (χ4v) is 8.64. The van der Waals surface area contributed by atoms with Gasteiger partial charge in [0.2, 0.25) is 0 Å². The molecule has 2 aliphatic heterocycles. The van der Waals surface area contributed by atoms with Crippen LogP contribution in [0.5, 0.6) is 0 Å². The Kier molecular flexibility index (Phi) is 6.00. The number of nitrogens with zero attached hydrogens (tertiary/aromatic N) is 3. The van der Waals surface area contributed by atoms with Gasteiger partial charge in [-0.15, -0.1) is 11.8 Å². The van der Waals surface area contributed by atoms with E-state index in [-0.39, 0.29) is 41.1 Å². The Hall–Kier alpha value is -2.37. The van der Waals surface area contributed by atoms with Gasteiger partial charge in [-0.05, 0) is 38.2 Å². The number of thioether (sulfide) groups is 2. The van der Waals surface area contributed by atoms with E-state index < -0.39 is 27.8 Å². The number of rotatable bonds is 7. The van der Waals surface area contributed by atoms with Gasteiger partial charge in [0, 0.05) is 46.7 Å². The number of benzene rings is 1. The maximum atomic E-state index is 13.9. The number of fused-ring (bicyclic) bond motifs is 1. The first-order chi connectivity index (χ1) is 16.6. The van der Waals surface area contributed by atoms with Gasteiger partial charge in [-0.25, -0.2) is 4.79 Å². The lowest BCUT2D eigenvalue weighted by Crippen LogP contribution is -2.68. The van der Waals surface area contributed by atoms with E-state index in [1.165, 1.54) is 23.9 Å². The van der Waals surface area contributed by atoms with Crippen molar-refractivity contribution in [2.45, 2.75) is 38.0 Å². The van der Waals surface area contributed by atoms with E-state index >= 15 is 0 Å². The zero-order valence-electron chi connectivity index (χ0n) is 19.5. The van der Waals surface area contributed by atoms with E-state index in [0.29, 0.717) is 10.5 Å². The highest BCUT2D eigenvalue weighted by atomic mass is 32.2. The molecule has 5 rings (SSSR count). The molecular formula is C24H27N3O6S2. The summed E-state index contributed by atoms with van der Waals surface area (Å²) in [7, 11) is 0. The third-order valence-electron chi connectivity index (χ3n) is 7.99. The molecule has 1 aromatic rings. The smallest absolute Gasteiger partial charge is 0.332 e. The maximum Gasteiger partial charge on any atom is 0.332 e. The Labute approximate surface area is 211 Å². The molecule has 2 heterocycles. The second-order valence-electron chi connectivity index (χ2n) is 9.88. The molecule has 1 saturated heterocycles. The number of aliphatic imine (C=N–C) groups is 1. The molecule has 1 aromatic carbocycles. The lowest BCUT2D eigenvalue weighted by molar-refractivity contribution is -0.384. The Bertz CT molecular complexity index is 1160. The van der Waals surface area contributed by atoms with E-state index in [4.69, 9.17) is 0 Å². The maximum absolute atomic E-state index is 13.9. The van der Waals surface area contributed by atoms with Crippen LogP contribution in [-0.2, 0) is 16.0 Å². The number of allylic oxidation sites excluding steroid dienone is 1. The molecule has 4 atom stereocenters. The third-order valence-corrected chi connectivity index (χ3v) is 10.6. The average molecular weight is 518 g/mol. The molecular weight excluding hydrogens is 490 g/mol. The molecule has 35 heavy (non-hydrogen) atoms. The van der Waals surface area contributed by atoms with E-state index in [1.807, 2.05) is 6.92 Å². The first-order valence-electron chi connectivity index (χ1n) is 11.6. The van der Waals surface area contributed by atoms with Crippen LogP contribution >= 0.6 is 23.5 Å². The average Bonchev–Trinajstić information content (AvgIpc) is 3.40. The van der Waals surface area contributed by atoms with Crippen molar-refractivity contribution >= 4 is 46.1 Å². The van der Waals surface area contributed by atoms with E-state index in [0.717, 1.165) is 30.6 Å². The molecule has 0 radical (unpaired) electrons. The number of aliphatic carboxylic acids is 1. The zero-order chi connectivity index (χ0) is 25.1. The normalized spacial score (nSPS) is 31.1. The molecule has 0 spiro atoms. The topological polar surface area (TPSA) is 133 Å². The van der Waals surface area contributed by atoms with Crippen molar-refractivity contribution in [2.75, 3.05) is 25.4 Å². The summed E-state index contributed by atoms with van der Waals surface area (Å²) in [5.41, 5.74) is -1.15. The minimum Gasteiger partial charge on any atom is -0.478 e. The van der Waals surface area contributed by atoms with Gasteiger partial charge < -0.3 is 15.1 Å². The van der Waals surface area contributed by atoms with Gasteiger partial charge in [0.25, 0.3) is 5.69 Å². The van der Waals surface area contributed by atoms with E-state index in [2.05, 4.69) is 9.89 Å². The second-order valence-corrected chi connectivity index (χ2v) is 12.2. The molecule has 2 fully saturated rings. The minimum absolute atomic E-state index is 0.0458. The number of hydrogen-bond donors (Lipinski definition) is 2. The number of Topliss-reactive ketones (excluding diaryl/α,β-unsaturated/α-hetero) is 1. The molecule has 0 bridgehead atoms. The Balaban J connectivity index is 1.39. The summed E-state index contributed by atoms with van der Waals surface area (Å²) < 4.78 is 0. The third kappa shape index (κ3) is 3.62. The SMILES string of the molecule is CC(O)C1(Cc2ccc([N+](=O)[O-])cc2)C(=O)C2(C)C(SC3CN(C4=NCCS4)C3)=C(C(=O)O)CC21. The van der Waals surface area contributed by atoms with Crippen molar-refractivity contribution in [3.63, 3.8) is 0 Å². The molecule has 1 saturated carbocycles. The number of carboxylic acids is 1. The standard InChI is InChI=1S/C24H27N3O6S2/c1-13(28)24(10-14-3-5-15(6-4-14)27(32)33)18-9-17(20(29)30)19(23(18,2)21(24)31)35-16-11-26(12-16)22-25-7-8-34-22/h3-6,13,16,18,28H,7-12H2,1-2H3,(H,29,30). The van der Waals surface area contributed by atoms with Gasteiger partial charge in [-0.1, -0.05) is 23.9 Å². The number of amidine groups is 1. The number of carbonyl (C=O) groups is 2. The molecule has 11 heteroatoms. The number of carboxylic acid groups (broad SMARTS) is 1. The van der Waals surface area contributed by atoms with Gasteiger partial charge in [-0.2, -0.15) is 0 Å². The molecule has 2 aliphatic carbocycles. The number of ketones is 1. The van der Waals surface area contributed by atoms with Gasteiger partial charge in [0.1, 0.15) is 0 Å². The predicted octanol–water partition coefficient (Wildman–Crippen LogP) is 2.97. The summed E-state index contributed by atoms with van der Waals surface area (Å²) in [6.45, 7) is 5.77. The molecule has 0 aromatic heterocycles. The Morgan fingerprint density at radius 1 is 1.37 bits per heavy atom. The lowest BCUT2D eigenvalue weighted by Gasteiger charge is -2.60. The number of hydrogen-bond acceptors (Lipinski definition) is 9. The van der Waals surface area contributed by atoms with Crippen LogP contribution in [-0.4, -0.2) is 73.7 Å². The van der Waals surface area contributed by atoms with Crippen molar-refractivity contribution in [1.82, 2.24) is 4.90 Å². The monoisotopic (exact) mass is 517 g/mol. The number of aliphatic hydroxyl groups is 1. The number of non-ortho nitro benzene ring substituents is 1. The number of nitro groups is 1. The van der Waals surface area contributed by atoms with Crippen molar-refractivity contribution in [3.05, 3.63) is 50.4 Å². The first kappa shape index (κ1) is 24.3. The highest BCUT2D eigenvalue weighted by Crippen LogP contribution is 2.70.